The Hall–Kier alpha value is -3.85. The molecule has 0 bridgehead atoms. The van der Waals surface area contributed by atoms with E-state index in [2.05, 4.69) is 15.5 Å². The summed E-state index contributed by atoms with van der Waals surface area (Å²) < 4.78 is 13.9. The van der Waals surface area contributed by atoms with Crippen LogP contribution in [0.3, 0.4) is 0 Å². The number of halogens is 1. The van der Waals surface area contributed by atoms with Crippen LogP contribution >= 0.6 is 0 Å². The maximum Gasteiger partial charge on any atom is 0.267 e. The van der Waals surface area contributed by atoms with Gasteiger partial charge in [0.25, 0.3) is 11.5 Å². The lowest BCUT2D eigenvalue weighted by Gasteiger charge is -2.37. The average molecular weight is 521 g/mol. The van der Waals surface area contributed by atoms with Gasteiger partial charge in [-0.25, -0.2) is 9.49 Å². The van der Waals surface area contributed by atoms with Crippen LogP contribution in [0.15, 0.2) is 53.3 Å². The Morgan fingerprint density at radius 1 is 1.13 bits per heavy atom. The molecule has 1 saturated heterocycles. The predicted octanol–water partition coefficient (Wildman–Crippen LogP) is 3.35. The maximum atomic E-state index is 13.9. The number of nitrogens with one attached hydrogen (secondary N) is 2. The molecule has 9 heteroatoms. The third-order valence-corrected chi connectivity index (χ3v) is 7.12. The molecule has 8 nitrogen and oxygen atoms in total. The van der Waals surface area contributed by atoms with E-state index in [9.17, 15) is 23.9 Å². The van der Waals surface area contributed by atoms with Gasteiger partial charge in [-0.3, -0.25) is 14.4 Å². The van der Waals surface area contributed by atoms with Gasteiger partial charge < -0.3 is 15.3 Å². The number of aromatic nitrogens is 2. The van der Waals surface area contributed by atoms with E-state index in [0.29, 0.717) is 41.6 Å². The van der Waals surface area contributed by atoms with E-state index in [4.69, 9.17) is 0 Å². The number of benzene rings is 2. The van der Waals surface area contributed by atoms with E-state index in [0.717, 1.165) is 11.1 Å². The Kier molecular flexibility index (Phi) is 7.78. The third-order valence-electron chi connectivity index (χ3n) is 7.12. The molecule has 2 aromatic carbocycles. The molecule has 1 aliphatic rings. The van der Waals surface area contributed by atoms with Crippen LogP contribution in [0.2, 0.25) is 0 Å². The highest BCUT2D eigenvalue weighted by atomic mass is 19.1. The summed E-state index contributed by atoms with van der Waals surface area (Å²) in [6, 6.07) is 12.2. The van der Waals surface area contributed by atoms with Crippen molar-refractivity contribution < 1.29 is 19.1 Å². The molecule has 0 saturated carbocycles. The smallest absolute Gasteiger partial charge is 0.267 e. The normalized spacial score (nSPS) is 17.5. The van der Waals surface area contributed by atoms with Crippen molar-refractivity contribution in [1.29, 1.82) is 0 Å². The summed E-state index contributed by atoms with van der Waals surface area (Å²) in [5.74, 6) is -1.15. The summed E-state index contributed by atoms with van der Waals surface area (Å²) in [6.07, 6.45) is 1.54. The molecule has 3 N–H and O–H groups in total. The molecule has 1 unspecified atom stereocenters. The second-order valence-electron chi connectivity index (χ2n) is 10.5. The molecule has 200 valence electrons. The van der Waals surface area contributed by atoms with Crippen molar-refractivity contribution in [3.63, 3.8) is 0 Å². The Bertz CT molecular complexity index is 1410. The second kappa shape index (κ2) is 10.9. The van der Waals surface area contributed by atoms with Crippen LogP contribution < -0.4 is 10.9 Å². The van der Waals surface area contributed by atoms with Gasteiger partial charge in [-0.1, -0.05) is 18.2 Å². The maximum absolute atomic E-state index is 13.9. The molecule has 3 aromatic rings. The molecule has 1 fully saturated rings. The van der Waals surface area contributed by atoms with E-state index < -0.39 is 29.4 Å². The molecule has 0 radical (unpaired) electrons. The minimum absolute atomic E-state index is 0.252. The van der Waals surface area contributed by atoms with Crippen molar-refractivity contribution in [3.8, 4) is 0 Å². The topological polar surface area (TPSA) is 115 Å². The van der Waals surface area contributed by atoms with Gasteiger partial charge >= 0.3 is 0 Å². The summed E-state index contributed by atoms with van der Waals surface area (Å²) in [5, 5.41) is 19.8. The number of rotatable bonds is 7. The van der Waals surface area contributed by atoms with Crippen LogP contribution in [0.4, 0.5) is 4.39 Å². The number of amides is 2. The highest BCUT2D eigenvalue weighted by molar-refractivity contribution is 5.96. The van der Waals surface area contributed by atoms with Gasteiger partial charge in [-0.15, -0.1) is 0 Å². The van der Waals surface area contributed by atoms with Gasteiger partial charge in [-0.05, 0) is 87.6 Å². The number of nitrogens with zero attached hydrogens (tertiary/aromatic N) is 2. The Balaban J connectivity index is 1.47. The first-order chi connectivity index (χ1) is 17.9. The van der Waals surface area contributed by atoms with Crippen LogP contribution in [0.5, 0.6) is 0 Å². The van der Waals surface area contributed by atoms with Gasteiger partial charge in [0.2, 0.25) is 5.91 Å². The van der Waals surface area contributed by atoms with Crippen LogP contribution in [0.1, 0.15) is 71.0 Å². The molecule has 38 heavy (non-hydrogen) atoms. The number of carbonyl (C=O) groups is 2. The van der Waals surface area contributed by atoms with E-state index in [1.54, 1.807) is 62.1 Å². The number of H-pyrrole nitrogens is 1. The molecular formula is C29H33FN4O4. The minimum atomic E-state index is -1.16. The van der Waals surface area contributed by atoms with E-state index in [-0.39, 0.29) is 18.0 Å². The quantitative estimate of drug-likeness (QED) is 0.442. The number of aryl methyl sites for hydroxylation is 2. The average Bonchev–Trinajstić information content (AvgIpc) is 3.32. The summed E-state index contributed by atoms with van der Waals surface area (Å²) in [7, 11) is 0. The number of carbonyl (C=O) groups excluding carboxylic acids is 2. The summed E-state index contributed by atoms with van der Waals surface area (Å²) in [4.78, 5) is 39.9. The lowest BCUT2D eigenvalue weighted by molar-refractivity contribution is -0.138. The Morgan fingerprint density at radius 3 is 2.58 bits per heavy atom. The number of aliphatic hydroxyl groups is 1. The molecule has 2 heterocycles. The lowest BCUT2D eigenvalue weighted by atomic mass is 9.96. The van der Waals surface area contributed by atoms with Crippen molar-refractivity contribution in [2.75, 3.05) is 6.54 Å². The Labute approximate surface area is 220 Å². The van der Waals surface area contributed by atoms with Crippen LogP contribution in [0, 0.1) is 19.7 Å². The van der Waals surface area contributed by atoms with Crippen molar-refractivity contribution in [1.82, 2.24) is 20.4 Å². The fourth-order valence-corrected chi connectivity index (χ4v) is 5.18. The number of hydrogen-bond donors (Lipinski definition) is 3. The van der Waals surface area contributed by atoms with Crippen molar-refractivity contribution in [3.05, 3.63) is 98.2 Å². The molecular weight excluding hydrogens is 487 g/mol. The van der Waals surface area contributed by atoms with Gasteiger partial charge in [0.05, 0.1) is 29.9 Å². The SMILES string of the molecule is Cc1cc(Cc2ccc(C(=O)NCC(=O)N3C(C(C)(C)O)CC[C@H]3c3cccc(F)c3)cc2C)c(=O)[nH]n1. The Morgan fingerprint density at radius 2 is 1.89 bits per heavy atom. The molecule has 1 aliphatic heterocycles. The number of aromatic amines is 1. The summed E-state index contributed by atoms with van der Waals surface area (Å²) in [6.45, 7) is 6.70. The summed E-state index contributed by atoms with van der Waals surface area (Å²) >= 11 is 0. The molecule has 1 aromatic heterocycles. The first-order valence-electron chi connectivity index (χ1n) is 12.7. The highest BCUT2D eigenvalue weighted by Crippen LogP contribution is 2.40. The van der Waals surface area contributed by atoms with Gasteiger partial charge in [0.1, 0.15) is 5.82 Å². The first kappa shape index (κ1) is 27.2. The zero-order valence-corrected chi connectivity index (χ0v) is 22.0. The number of hydrogen-bond acceptors (Lipinski definition) is 5. The monoisotopic (exact) mass is 520 g/mol. The van der Waals surface area contributed by atoms with Crippen LogP contribution in [-0.4, -0.2) is 50.2 Å². The zero-order chi connectivity index (χ0) is 27.6. The predicted molar refractivity (Wildman–Crippen MR) is 141 cm³/mol. The summed E-state index contributed by atoms with van der Waals surface area (Å²) in [5.41, 5.74) is 2.67. The zero-order valence-electron chi connectivity index (χ0n) is 22.0. The molecule has 4 rings (SSSR count). The van der Waals surface area contributed by atoms with Gasteiger partial charge in [0, 0.05) is 17.5 Å². The highest BCUT2D eigenvalue weighted by Gasteiger charge is 2.44. The molecule has 0 spiro atoms. The molecule has 2 atom stereocenters. The van der Waals surface area contributed by atoms with Crippen molar-refractivity contribution >= 4 is 11.8 Å². The second-order valence-corrected chi connectivity index (χ2v) is 10.5. The van der Waals surface area contributed by atoms with Gasteiger partial charge in [0.15, 0.2) is 0 Å². The lowest BCUT2D eigenvalue weighted by Crippen LogP contribution is -2.51. The van der Waals surface area contributed by atoms with Gasteiger partial charge in [-0.2, -0.15) is 5.10 Å². The van der Waals surface area contributed by atoms with Crippen LogP contribution in [-0.2, 0) is 11.2 Å². The third kappa shape index (κ3) is 5.99. The van der Waals surface area contributed by atoms with E-state index in [1.165, 1.54) is 12.1 Å². The first-order valence-corrected chi connectivity index (χ1v) is 12.7. The molecule has 0 aliphatic carbocycles. The van der Waals surface area contributed by atoms with E-state index >= 15 is 0 Å². The minimum Gasteiger partial charge on any atom is -0.388 e. The van der Waals surface area contributed by atoms with Crippen molar-refractivity contribution in [2.24, 2.45) is 0 Å². The van der Waals surface area contributed by atoms with E-state index in [1.807, 2.05) is 6.92 Å². The van der Waals surface area contributed by atoms with Crippen molar-refractivity contribution in [2.45, 2.75) is 64.6 Å². The molecule has 2 amide bonds. The fourth-order valence-electron chi connectivity index (χ4n) is 5.18. The standard InChI is InChI=1S/C29H33FN4O4/c1-17-12-21(9-8-19(17)14-22-13-18(2)32-33-28(22)37)27(36)31-16-26(35)34-24(10-11-25(34)29(3,4)38)20-6-5-7-23(30)15-20/h5-9,12-13,15,24-25,38H,10-11,14,16H2,1-4H3,(H,31,36)(H,33,37)/t24-,25?/m0/s1. The van der Waals surface area contributed by atoms with Crippen LogP contribution in [0.25, 0.3) is 0 Å². The number of likely N-dealkylation sites (tertiary alicyclic amines) is 1. The largest absolute Gasteiger partial charge is 0.388 e. The fraction of sp³-hybridized carbons (Fsp3) is 0.379.